The Morgan fingerprint density at radius 1 is 1.40 bits per heavy atom. The highest BCUT2D eigenvalue weighted by Crippen LogP contribution is 2.17. The first-order valence-corrected chi connectivity index (χ1v) is 5.69. The van der Waals surface area contributed by atoms with Crippen LogP contribution in [0.3, 0.4) is 0 Å². The van der Waals surface area contributed by atoms with E-state index in [1.807, 2.05) is 0 Å². The van der Waals surface area contributed by atoms with Gasteiger partial charge in [0.2, 0.25) is 0 Å². The SMILES string of the molecule is Nc1cc(F)cc(CSCC(O)CO)c1. The molecule has 3 nitrogen and oxygen atoms in total. The molecule has 0 aliphatic rings. The monoisotopic (exact) mass is 231 g/mol. The number of halogens is 1. The van der Waals surface area contributed by atoms with Crippen LogP contribution in [0.15, 0.2) is 18.2 Å². The van der Waals surface area contributed by atoms with Crippen molar-refractivity contribution in [2.45, 2.75) is 11.9 Å². The number of nitrogen functional groups attached to an aromatic ring is 1. The van der Waals surface area contributed by atoms with E-state index in [4.69, 9.17) is 15.9 Å². The van der Waals surface area contributed by atoms with Gasteiger partial charge in [0.05, 0.1) is 12.7 Å². The lowest BCUT2D eigenvalue weighted by Crippen LogP contribution is -2.14. The van der Waals surface area contributed by atoms with E-state index >= 15 is 0 Å². The van der Waals surface area contributed by atoms with Crippen LogP contribution in [0.2, 0.25) is 0 Å². The second kappa shape index (κ2) is 5.95. The smallest absolute Gasteiger partial charge is 0.125 e. The highest BCUT2D eigenvalue weighted by Gasteiger charge is 2.03. The molecule has 0 fully saturated rings. The molecule has 0 bridgehead atoms. The second-order valence-electron chi connectivity index (χ2n) is 3.24. The Morgan fingerprint density at radius 3 is 2.73 bits per heavy atom. The van der Waals surface area contributed by atoms with Crippen LogP contribution in [-0.2, 0) is 5.75 Å². The summed E-state index contributed by atoms with van der Waals surface area (Å²) in [5.41, 5.74) is 6.66. The van der Waals surface area contributed by atoms with E-state index in [0.29, 0.717) is 17.2 Å². The van der Waals surface area contributed by atoms with E-state index in [1.165, 1.54) is 23.9 Å². The molecule has 1 rings (SSSR count). The number of aliphatic hydroxyl groups is 2. The average Bonchev–Trinajstić information content (AvgIpc) is 2.16. The molecule has 0 spiro atoms. The summed E-state index contributed by atoms with van der Waals surface area (Å²) in [5, 5.41) is 17.7. The fourth-order valence-corrected chi connectivity index (χ4v) is 2.02. The van der Waals surface area contributed by atoms with Gasteiger partial charge in [0, 0.05) is 17.2 Å². The predicted molar refractivity (Wildman–Crippen MR) is 60.1 cm³/mol. The van der Waals surface area contributed by atoms with E-state index in [1.54, 1.807) is 6.07 Å². The van der Waals surface area contributed by atoms with Gasteiger partial charge >= 0.3 is 0 Å². The maximum atomic E-state index is 12.9. The van der Waals surface area contributed by atoms with Crippen molar-refractivity contribution < 1.29 is 14.6 Å². The first-order valence-electron chi connectivity index (χ1n) is 4.53. The fourth-order valence-electron chi connectivity index (χ4n) is 1.12. The van der Waals surface area contributed by atoms with E-state index in [-0.39, 0.29) is 12.4 Å². The molecule has 0 aromatic heterocycles. The van der Waals surface area contributed by atoms with Crippen LogP contribution in [0.1, 0.15) is 5.56 Å². The Labute approximate surface area is 92.1 Å². The Kier molecular flexibility index (Phi) is 4.87. The van der Waals surface area contributed by atoms with Crippen LogP contribution in [-0.4, -0.2) is 28.7 Å². The van der Waals surface area contributed by atoms with Crippen molar-refractivity contribution in [2.24, 2.45) is 0 Å². The minimum Gasteiger partial charge on any atom is -0.399 e. The van der Waals surface area contributed by atoms with Crippen LogP contribution < -0.4 is 5.73 Å². The zero-order valence-electron chi connectivity index (χ0n) is 8.19. The molecule has 84 valence electrons. The lowest BCUT2D eigenvalue weighted by Gasteiger charge is -2.07. The first-order chi connectivity index (χ1) is 7.11. The van der Waals surface area contributed by atoms with Gasteiger partial charge in [-0.25, -0.2) is 4.39 Å². The lowest BCUT2D eigenvalue weighted by molar-refractivity contribution is 0.113. The summed E-state index contributed by atoms with van der Waals surface area (Å²) in [6.45, 7) is -0.252. The van der Waals surface area contributed by atoms with Crippen LogP contribution in [0.4, 0.5) is 10.1 Å². The van der Waals surface area contributed by atoms with Crippen LogP contribution in [0.25, 0.3) is 0 Å². The highest BCUT2D eigenvalue weighted by atomic mass is 32.2. The third-order valence-corrected chi connectivity index (χ3v) is 2.93. The van der Waals surface area contributed by atoms with Crippen molar-refractivity contribution in [3.8, 4) is 0 Å². The summed E-state index contributed by atoms with van der Waals surface area (Å²) in [6, 6.07) is 4.37. The molecule has 15 heavy (non-hydrogen) atoms. The minimum absolute atomic E-state index is 0.252. The van der Waals surface area contributed by atoms with Crippen molar-refractivity contribution in [2.75, 3.05) is 18.1 Å². The van der Waals surface area contributed by atoms with Gasteiger partial charge in [0.25, 0.3) is 0 Å². The molecule has 0 saturated heterocycles. The van der Waals surface area contributed by atoms with Crippen LogP contribution in [0, 0.1) is 5.82 Å². The molecule has 1 unspecified atom stereocenters. The minimum atomic E-state index is -0.721. The van der Waals surface area contributed by atoms with Gasteiger partial charge in [-0.2, -0.15) is 11.8 Å². The van der Waals surface area contributed by atoms with E-state index in [0.717, 1.165) is 5.56 Å². The number of benzene rings is 1. The Hall–Kier alpha value is -0.780. The summed E-state index contributed by atoms with van der Waals surface area (Å²) < 4.78 is 12.9. The summed E-state index contributed by atoms with van der Waals surface area (Å²) in [6.07, 6.45) is -0.721. The molecule has 1 atom stereocenters. The Bertz CT molecular complexity index is 302. The summed E-state index contributed by atoms with van der Waals surface area (Å²) in [7, 11) is 0. The number of thioether (sulfide) groups is 1. The Morgan fingerprint density at radius 2 is 2.13 bits per heavy atom. The number of hydrogen-bond donors (Lipinski definition) is 3. The van der Waals surface area contributed by atoms with Gasteiger partial charge in [0.1, 0.15) is 5.82 Å². The van der Waals surface area contributed by atoms with Crippen LogP contribution in [0.5, 0.6) is 0 Å². The molecule has 0 amide bonds. The molecule has 0 heterocycles. The normalized spacial score (nSPS) is 12.7. The molecule has 5 heteroatoms. The number of rotatable bonds is 5. The van der Waals surface area contributed by atoms with Crippen molar-refractivity contribution in [1.82, 2.24) is 0 Å². The van der Waals surface area contributed by atoms with E-state index < -0.39 is 6.10 Å². The first kappa shape index (κ1) is 12.3. The number of hydrogen-bond acceptors (Lipinski definition) is 4. The summed E-state index contributed by atoms with van der Waals surface area (Å²) in [4.78, 5) is 0. The van der Waals surface area contributed by atoms with Crippen molar-refractivity contribution >= 4 is 17.4 Å². The van der Waals surface area contributed by atoms with E-state index in [9.17, 15) is 4.39 Å². The topological polar surface area (TPSA) is 66.5 Å². The quantitative estimate of drug-likeness (QED) is 0.661. The van der Waals surface area contributed by atoms with Gasteiger partial charge in [-0.05, 0) is 23.8 Å². The van der Waals surface area contributed by atoms with E-state index in [2.05, 4.69) is 0 Å². The zero-order valence-corrected chi connectivity index (χ0v) is 9.01. The molecule has 0 radical (unpaired) electrons. The average molecular weight is 231 g/mol. The summed E-state index contributed by atoms with van der Waals surface area (Å²) >= 11 is 1.42. The number of nitrogens with two attached hydrogens (primary N) is 1. The maximum absolute atomic E-state index is 12.9. The van der Waals surface area contributed by atoms with Crippen molar-refractivity contribution in [3.05, 3.63) is 29.6 Å². The van der Waals surface area contributed by atoms with Gasteiger partial charge in [-0.3, -0.25) is 0 Å². The number of aliphatic hydroxyl groups excluding tert-OH is 2. The van der Waals surface area contributed by atoms with Crippen LogP contribution >= 0.6 is 11.8 Å². The zero-order chi connectivity index (χ0) is 11.3. The van der Waals surface area contributed by atoms with Gasteiger partial charge in [-0.1, -0.05) is 0 Å². The van der Waals surface area contributed by atoms with Crippen molar-refractivity contribution in [3.63, 3.8) is 0 Å². The third kappa shape index (κ3) is 4.51. The molecule has 0 aliphatic heterocycles. The summed E-state index contributed by atoms with van der Waals surface area (Å²) in [5.74, 6) is 0.639. The lowest BCUT2D eigenvalue weighted by atomic mass is 10.2. The molecule has 1 aromatic carbocycles. The Balaban J connectivity index is 2.43. The fraction of sp³-hybridized carbons (Fsp3) is 0.400. The van der Waals surface area contributed by atoms with Gasteiger partial charge in [0.15, 0.2) is 0 Å². The predicted octanol–water partition coefficient (Wildman–Crippen LogP) is 0.994. The third-order valence-electron chi connectivity index (χ3n) is 1.77. The van der Waals surface area contributed by atoms with Gasteiger partial charge < -0.3 is 15.9 Å². The standard InChI is InChI=1S/C10H14FNO2S/c11-8-1-7(2-9(12)3-8)5-15-6-10(14)4-13/h1-3,10,13-14H,4-6,12H2. The maximum Gasteiger partial charge on any atom is 0.125 e. The molecule has 4 N–H and O–H groups in total. The largest absolute Gasteiger partial charge is 0.399 e. The highest BCUT2D eigenvalue weighted by molar-refractivity contribution is 7.98. The van der Waals surface area contributed by atoms with Gasteiger partial charge in [-0.15, -0.1) is 0 Å². The second-order valence-corrected chi connectivity index (χ2v) is 4.27. The number of anilines is 1. The molecular weight excluding hydrogens is 217 g/mol. The molecule has 0 aliphatic carbocycles. The molecular formula is C10H14FNO2S. The van der Waals surface area contributed by atoms with Crippen molar-refractivity contribution in [1.29, 1.82) is 0 Å². The molecule has 0 saturated carbocycles. The molecule has 1 aromatic rings.